The van der Waals surface area contributed by atoms with E-state index >= 15 is 0 Å². The summed E-state index contributed by atoms with van der Waals surface area (Å²) in [5, 5.41) is 0. The minimum atomic E-state index is -3.79. The summed E-state index contributed by atoms with van der Waals surface area (Å²) >= 11 is 0. The van der Waals surface area contributed by atoms with Crippen molar-refractivity contribution < 1.29 is 17.9 Å². The zero-order chi connectivity index (χ0) is 16.4. The Hall–Kier alpha value is -1.64. The highest BCUT2D eigenvalue weighted by molar-refractivity contribution is 7.89. The van der Waals surface area contributed by atoms with Gasteiger partial charge in [-0.25, -0.2) is 13.1 Å². The molecule has 0 atom stereocenters. The Morgan fingerprint density at radius 1 is 1.36 bits per heavy atom. The fourth-order valence-corrected chi connectivity index (χ4v) is 4.29. The smallest absolute Gasteiger partial charge is 0.252 e. The van der Waals surface area contributed by atoms with Crippen LogP contribution in [0.4, 0.5) is 0 Å². The summed E-state index contributed by atoms with van der Waals surface area (Å²) in [5.41, 5.74) is 10.4. The Bertz CT molecular complexity index is 667. The maximum absolute atomic E-state index is 12.6. The van der Waals surface area contributed by atoms with E-state index in [1.807, 2.05) is 0 Å². The van der Waals surface area contributed by atoms with Crippen molar-refractivity contribution in [3.05, 3.63) is 23.8 Å². The SMILES string of the molecule is COc1ccc(S(=O)(=O)NC2(CN)CCCC2)cc1C(N)=O. The average molecular weight is 327 g/mol. The van der Waals surface area contributed by atoms with Crippen molar-refractivity contribution in [1.29, 1.82) is 0 Å². The molecule has 0 saturated heterocycles. The van der Waals surface area contributed by atoms with E-state index < -0.39 is 21.5 Å². The highest BCUT2D eigenvalue weighted by Crippen LogP contribution is 2.31. The van der Waals surface area contributed by atoms with Crippen LogP contribution in [0.3, 0.4) is 0 Å². The lowest BCUT2D eigenvalue weighted by atomic mass is 10.0. The van der Waals surface area contributed by atoms with Crippen molar-refractivity contribution in [3.63, 3.8) is 0 Å². The van der Waals surface area contributed by atoms with Crippen LogP contribution in [-0.4, -0.2) is 33.5 Å². The fraction of sp³-hybridized carbons (Fsp3) is 0.500. The van der Waals surface area contributed by atoms with E-state index in [2.05, 4.69) is 4.72 Å². The Morgan fingerprint density at radius 3 is 2.50 bits per heavy atom. The molecule has 1 aromatic carbocycles. The van der Waals surface area contributed by atoms with Crippen LogP contribution >= 0.6 is 0 Å². The number of rotatable bonds is 6. The van der Waals surface area contributed by atoms with Crippen molar-refractivity contribution >= 4 is 15.9 Å². The molecule has 0 aromatic heterocycles. The predicted octanol–water partition coefficient (Wildman–Crippen LogP) is 0.344. The summed E-state index contributed by atoms with van der Waals surface area (Å²) in [6.07, 6.45) is 3.30. The Kier molecular flexibility index (Phi) is 4.74. The second-order valence-corrected chi connectivity index (χ2v) is 7.21. The number of sulfonamides is 1. The van der Waals surface area contributed by atoms with Crippen LogP contribution < -0.4 is 20.9 Å². The molecule has 1 fully saturated rings. The van der Waals surface area contributed by atoms with Gasteiger partial charge in [-0.05, 0) is 31.0 Å². The third-order valence-corrected chi connectivity index (χ3v) is 5.63. The van der Waals surface area contributed by atoms with E-state index in [-0.39, 0.29) is 22.8 Å². The molecule has 0 unspecified atom stereocenters. The summed E-state index contributed by atoms with van der Waals surface area (Å²) in [6.45, 7) is 0.241. The van der Waals surface area contributed by atoms with Gasteiger partial charge >= 0.3 is 0 Å². The number of hydrogen-bond donors (Lipinski definition) is 3. The predicted molar refractivity (Wildman–Crippen MR) is 82.1 cm³/mol. The molecule has 0 aliphatic heterocycles. The number of nitrogens with two attached hydrogens (primary N) is 2. The van der Waals surface area contributed by atoms with E-state index in [4.69, 9.17) is 16.2 Å². The zero-order valence-electron chi connectivity index (χ0n) is 12.5. The van der Waals surface area contributed by atoms with Crippen LogP contribution in [0.15, 0.2) is 23.1 Å². The van der Waals surface area contributed by atoms with E-state index in [1.54, 1.807) is 0 Å². The Balaban J connectivity index is 2.37. The number of benzene rings is 1. The largest absolute Gasteiger partial charge is 0.496 e. The van der Waals surface area contributed by atoms with E-state index in [0.29, 0.717) is 12.8 Å². The molecular formula is C14H21N3O4S. The number of methoxy groups -OCH3 is 1. The second kappa shape index (κ2) is 6.23. The summed E-state index contributed by atoms with van der Waals surface area (Å²) in [6, 6.07) is 4.02. The molecule has 7 nitrogen and oxygen atoms in total. The van der Waals surface area contributed by atoms with Gasteiger partial charge in [-0.1, -0.05) is 12.8 Å². The van der Waals surface area contributed by atoms with Crippen LogP contribution in [0.1, 0.15) is 36.0 Å². The van der Waals surface area contributed by atoms with Crippen LogP contribution in [-0.2, 0) is 10.0 Å². The second-order valence-electron chi connectivity index (χ2n) is 5.52. The number of nitrogens with one attached hydrogen (secondary N) is 1. The number of ether oxygens (including phenoxy) is 1. The van der Waals surface area contributed by atoms with Crippen LogP contribution in [0.2, 0.25) is 0 Å². The quantitative estimate of drug-likeness (QED) is 0.695. The number of carbonyl (C=O) groups is 1. The molecule has 1 aliphatic rings. The molecule has 122 valence electrons. The van der Waals surface area contributed by atoms with Gasteiger partial charge in [0.1, 0.15) is 5.75 Å². The first kappa shape index (κ1) is 16.7. The van der Waals surface area contributed by atoms with Gasteiger partial charge in [0.15, 0.2) is 0 Å². The summed E-state index contributed by atoms with van der Waals surface area (Å²) in [5.74, 6) is -0.510. The van der Waals surface area contributed by atoms with Crippen LogP contribution in [0.25, 0.3) is 0 Å². The minimum Gasteiger partial charge on any atom is -0.496 e. The maximum Gasteiger partial charge on any atom is 0.252 e. The van der Waals surface area contributed by atoms with Gasteiger partial charge in [0, 0.05) is 12.1 Å². The van der Waals surface area contributed by atoms with Gasteiger partial charge in [0.2, 0.25) is 10.0 Å². The summed E-state index contributed by atoms with van der Waals surface area (Å²) in [4.78, 5) is 11.4. The number of hydrogen-bond acceptors (Lipinski definition) is 5. The summed E-state index contributed by atoms with van der Waals surface area (Å²) < 4.78 is 32.8. The summed E-state index contributed by atoms with van der Waals surface area (Å²) in [7, 11) is -2.40. The highest BCUT2D eigenvalue weighted by atomic mass is 32.2. The lowest BCUT2D eigenvalue weighted by molar-refractivity contribution is 0.0997. The van der Waals surface area contributed by atoms with Gasteiger partial charge in [-0.15, -0.1) is 0 Å². The first-order valence-electron chi connectivity index (χ1n) is 7.05. The van der Waals surface area contributed by atoms with Gasteiger partial charge in [-0.2, -0.15) is 0 Å². The van der Waals surface area contributed by atoms with Crippen LogP contribution in [0.5, 0.6) is 5.75 Å². The van der Waals surface area contributed by atoms with Gasteiger partial charge in [0.05, 0.1) is 17.6 Å². The molecular weight excluding hydrogens is 306 g/mol. The molecule has 8 heteroatoms. The topological polar surface area (TPSA) is 125 Å². The van der Waals surface area contributed by atoms with Gasteiger partial charge in [0.25, 0.3) is 5.91 Å². The molecule has 0 radical (unpaired) electrons. The lowest BCUT2D eigenvalue weighted by Gasteiger charge is -2.28. The van der Waals surface area contributed by atoms with Gasteiger partial charge < -0.3 is 16.2 Å². The molecule has 0 spiro atoms. The molecule has 2 rings (SSSR count). The first-order chi connectivity index (χ1) is 10.3. The Morgan fingerprint density at radius 2 is 2.00 bits per heavy atom. The molecule has 1 aromatic rings. The molecule has 1 saturated carbocycles. The molecule has 1 aliphatic carbocycles. The first-order valence-corrected chi connectivity index (χ1v) is 8.54. The molecule has 1 amide bonds. The highest BCUT2D eigenvalue weighted by Gasteiger charge is 2.37. The van der Waals surface area contributed by atoms with E-state index in [9.17, 15) is 13.2 Å². The third-order valence-electron chi connectivity index (χ3n) is 4.05. The number of carbonyl (C=O) groups excluding carboxylic acids is 1. The third kappa shape index (κ3) is 3.23. The van der Waals surface area contributed by atoms with E-state index in [1.165, 1.54) is 25.3 Å². The monoisotopic (exact) mass is 327 g/mol. The van der Waals surface area contributed by atoms with Crippen molar-refractivity contribution in [2.45, 2.75) is 36.1 Å². The maximum atomic E-state index is 12.6. The van der Waals surface area contributed by atoms with Crippen LogP contribution in [0, 0.1) is 0 Å². The standard InChI is InChI=1S/C14H21N3O4S/c1-21-12-5-4-10(8-11(12)13(16)18)22(19,20)17-14(9-15)6-2-3-7-14/h4-5,8,17H,2-3,6-7,9,15H2,1H3,(H2,16,18). The molecule has 0 bridgehead atoms. The zero-order valence-corrected chi connectivity index (χ0v) is 13.3. The number of primary amides is 1. The normalized spacial score (nSPS) is 17.4. The van der Waals surface area contributed by atoms with Crippen molar-refractivity contribution in [2.75, 3.05) is 13.7 Å². The minimum absolute atomic E-state index is 0.0261. The van der Waals surface area contributed by atoms with Crippen molar-refractivity contribution in [3.8, 4) is 5.75 Å². The number of amides is 1. The molecule has 0 heterocycles. The van der Waals surface area contributed by atoms with Crippen molar-refractivity contribution in [1.82, 2.24) is 4.72 Å². The van der Waals surface area contributed by atoms with Crippen molar-refractivity contribution in [2.24, 2.45) is 11.5 Å². The average Bonchev–Trinajstić information content (AvgIpc) is 2.94. The van der Waals surface area contributed by atoms with E-state index in [0.717, 1.165) is 12.8 Å². The van der Waals surface area contributed by atoms with Gasteiger partial charge in [-0.3, -0.25) is 4.79 Å². The lowest BCUT2D eigenvalue weighted by Crippen LogP contribution is -2.51. The Labute approximate surface area is 130 Å². The fourth-order valence-electron chi connectivity index (χ4n) is 2.79. The molecule has 5 N–H and O–H groups in total. The molecule has 22 heavy (non-hydrogen) atoms.